The smallest absolute Gasteiger partial charge is 0.337 e. The van der Waals surface area contributed by atoms with Crippen LogP contribution in [0.25, 0.3) is 0 Å². The standard InChI is InChI=1S/C12H13N3O2/c1-8-6-11(12(16)17)9(2)15(8)7-10-4-3-5-13-14-10/h3-6H,7H2,1-2H3,(H,16,17). The highest BCUT2D eigenvalue weighted by Gasteiger charge is 2.14. The fraction of sp³-hybridized carbons (Fsp3) is 0.250. The first-order valence-electron chi connectivity index (χ1n) is 5.26. The summed E-state index contributed by atoms with van der Waals surface area (Å²) in [6, 6.07) is 5.36. The molecule has 88 valence electrons. The van der Waals surface area contributed by atoms with Crippen LogP contribution in [-0.2, 0) is 6.54 Å². The molecule has 0 aromatic carbocycles. The summed E-state index contributed by atoms with van der Waals surface area (Å²) in [5.74, 6) is -0.900. The Hall–Kier alpha value is -2.17. The molecule has 0 aliphatic rings. The first-order chi connectivity index (χ1) is 8.09. The van der Waals surface area contributed by atoms with E-state index in [1.165, 1.54) is 0 Å². The zero-order valence-corrected chi connectivity index (χ0v) is 9.71. The van der Waals surface area contributed by atoms with Crippen LogP contribution in [0, 0.1) is 13.8 Å². The van der Waals surface area contributed by atoms with Gasteiger partial charge in [-0.2, -0.15) is 10.2 Å². The van der Waals surface area contributed by atoms with Gasteiger partial charge in [0.05, 0.1) is 17.8 Å². The van der Waals surface area contributed by atoms with Crippen LogP contribution in [0.3, 0.4) is 0 Å². The monoisotopic (exact) mass is 231 g/mol. The molecule has 0 spiro atoms. The minimum Gasteiger partial charge on any atom is -0.478 e. The van der Waals surface area contributed by atoms with Gasteiger partial charge in [0.2, 0.25) is 0 Å². The Morgan fingerprint density at radius 2 is 2.24 bits per heavy atom. The van der Waals surface area contributed by atoms with Crippen molar-refractivity contribution in [3.8, 4) is 0 Å². The number of aromatic carboxylic acids is 1. The number of rotatable bonds is 3. The highest BCUT2D eigenvalue weighted by atomic mass is 16.4. The molecule has 2 aromatic heterocycles. The molecule has 0 saturated carbocycles. The van der Waals surface area contributed by atoms with E-state index in [1.807, 2.05) is 23.6 Å². The first kappa shape index (κ1) is 11.3. The maximum absolute atomic E-state index is 11.0. The first-order valence-corrected chi connectivity index (χ1v) is 5.26. The average Bonchev–Trinajstić information content (AvgIpc) is 2.58. The maximum Gasteiger partial charge on any atom is 0.337 e. The van der Waals surface area contributed by atoms with Crippen LogP contribution < -0.4 is 0 Å². The number of aryl methyl sites for hydroxylation is 1. The van der Waals surface area contributed by atoms with Gasteiger partial charge >= 0.3 is 5.97 Å². The van der Waals surface area contributed by atoms with Gasteiger partial charge in [0.1, 0.15) is 0 Å². The molecule has 0 bridgehead atoms. The fourth-order valence-corrected chi connectivity index (χ4v) is 1.84. The maximum atomic E-state index is 11.0. The van der Waals surface area contributed by atoms with E-state index >= 15 is 0 Å². The van der Waals surface area contributed by atoms with Gasteiger partial charge < -0.3 is 9.67 Å². The lowest BCUT2D eigenvalue weighted by atomic mass is 10.2. The topological polar surface area (TPSA) is 68.0 Å². The number of carboxylic acids is 1. The van der Waals surface area contributed by atoms with Crippen LogP contribution >= 0.6 is 0 Å². The van der Waals surface area contributed by atoms with Gasteiger partial charge in [-0.3, -0.25) is 0 Å². The summed E-state index contributed by atoms with van der Waals surface area (Å²) in [6.07, 6.45) is 1.61. The lowest BCUT2D eigenvalue weighted by molar-refractivity contribution is 0.0696. The Kier molecular flexibility index (Phi) is 2.91. The Morgan fingerprint density at radius 3 is 2.76 bits per heavy atom. The number of hydrogen-bond donors (Lipinski definition) is 1. The fourth-order valence-electron chi connectivity index (χ4n) is 1.84. The second-order valence-corrected chi connectivity index (χ2v) is 3.89. The molecule has 5 nitrogen and oxygen atoms in total. The van der Waals surface area contributed by atoms with Crippen molar-refractivity contribution in [2.75, 3.05) is 0 Å². The van der Waals surface area contributed by atoms with Crippen LogP contribution in [-0.4, -0.2) is 25.8 Å². The van der Waals surface area contributed by atoms with Crippen LogP contribution in [0.2, 0.25) is 0 Å². The second kappa shape index (κ2) is 4.37. The van der Waals surface area contributed by atoms with E-state index in [0.29, 0.717) is 12.1 Å². The number of aromatic nitrogens is 3. The number of nitrogens with zero attached hydrogens (tertiary/aromatic N) is 3. The lowest BCUT2D eigenvalue weighted by Gasteiger charge is -2.08. The molecule has 2 heterocycles. The molecular weight excluding hydrogens is 218 g/mol. The molecule has 17 heavy (non-hydrogen) atoms. The minimum absolute atomic E-state index is 0.339. The van der Waals surface area contributed by atoms with Crippen molar-refractivity contribution < 1.29 is 9.90 Å². The third-order valence-corrected chi connectivity index (χ3v) is 2.75. The second-order valence-electron chi connectivity index (χ2n) is 3.89. The number of hydrogen-bond acceptors (Lipinski definition) is 3. The molecule has 2 rings (SSSR count). The van der Waals surface area contributed by atoms with Crippen molar-refractivity contribution in [2.24, 2.45) is 0 Å². The van der Waals surface area contributed by atoms with Crippen LogP contribution in [0.1, 0.15) is 27.4 Å². The van der Waals surface area contributed by atoms with Crippen LogP contribution in [0.5, 0.6) is 0 Å². The Bertz CT molecular complexity index is 546. The van der Waals surface area contributed by atoms with Crippen LogP contribution in [0.4, 0.5) is 0 Å². The normalized spacial score (nSPS) is 10.5. The molecule has 0 radical (unpaired) electrons. The van der Waals surface area contributed by atoms with Crippen molar-refractivity contribution in [1.29, 1.82) is 0 Å². The predicted molar refractivity (Wildman–Crippen MR) is 62.0 cm³/mol. The van der Waals surface area contributed by atoms with Crippen molar-refractivity contribution in [3.05, 3.63) is 47.0 Å². The van der Waals surface area contributed by atoms with Gasteiger partial charge in [-0.05, 0) is 32.0 Å². The van der Waals surface area contributed by atoms with Crippen LogP contribution in [0.15, 0.2) is 24.4 Å². The summed E-state index contributed by atoms with van der Waals surface area (Å²) in [4.78, 5) is 11.0. The minimum atomic E-state index is -0.900. The Balaban J connectivity index is 2.37. The zero-order chi connectivity index (χ0) is 12.4. The van der Waals surface area contributed by atoms with E-state index in [-0.39, 0.29) is 0 Å². The SMILES string of the molecule is Cc1cc(C(=O)O)c(C)n1Cc1cccnn1. The van der Waals surface area contributed by atoms with Crippen molar-refractivity contribution in [3.63, 3.8) is 0 Å². The zero-order valence-electron chi connectivity index (χ0n) is 9.71. The van der Waals surface area contributed by atoms with Gasteiger partial charge in [-0.15, -0.1) is 0 Å². The molecule has 0 fully saturated rings. The molecule has 0 unspecified atom stereocenters. The van der Waals surface area contributed by atoms with Crippen molar-refractivity contribution in [2.45, 2.75) is 20.4 Å². The van der Waals surface area contributed by atoms with E-state index in [1.54, 1.807) is 19.2 Å². The highest BCUT2D eigenvalue weighted by molar-refractivity contribution is 5.89. The highest BCUT2D eigenvalue weighted by Crippen LogP contribution is 2.16. The third-order valence-electron chi connectivity index (χ3n) is 2.75. The van der Waals surface area contributed by atoms with Crippen molar-refractivity contribution in [1.82, 2.24) is 14.8 Å². The van der Waals surface area contributed by atoms with E-state index < -0.39 is 5.97 Å². The van der Waals surface area contributed by atoms with Gasteiger partial charge in [0, 0.05) is 17.6 Å². The molecule has 0 atom stereocenters. The Morgan fingerprint density at radius 1 is 1.47 bits per heavy atom. The predicted octanol–water partition coefficient (Wildman–Crippen LogP) is 1.64. The molecule has 5 heteroatoms. The molecule has 1 N–H and O–H groups in total. The Labute approximate surface area is 98.7 Å². The average molecular weight is 231 g/mol. The molecular formula is C12H13N3O2. The quantitative estimate of drug-likeness (QED) is 0.871. The van der Waals surface area contributed by atoms with E-state index in [2.05, 4.69) is 10.2 Å². The molecule has 0 saturated heterocycles. The summed E-state index contributed by atoms with van der Waals surface area (Å²) in [6.45, 7) is 4.22. The van der Waals surface area contributed by atoms with Crippen molar-refractivity contribution >= 4 is 5.97 Å². The van der Waals surface area contributed by atoms with E-state index in [4.69, 9.17) is 5.11 Å². The largest absolute Gasteiger partial charge is 0.478 e. The number of carboxylic acid groups (broad SMARTS) is 1. The lowest BCUT2D eigenvalue weighted by Crippen LogP contribution is -2.07. The summed E-state index contributed by atoms with van der Waals surface area (Å²) in [7, 11) is 0. The third kappa shape index (κ3) is 2.18. The van der Waals surface area contributed by atoms with Gasteiger partial charge in [-0.1, -0.05) is 0 Å². The van der Waals surface area contributed by atoms with E-state index in [9.17, 15) is 4.79 Å². The van der Waals surface area contributed by atoms with Gasteiger partial charge in [0.15, 0.2) is 0 Å². The van der Waals surface area contributed by atoms with Gasteiger partial charge in [0.25, 0.3) is 0 Å². The number of carbonyl (C=O) groups is 1. The molecule has 0 amide bonds. The van der Waals surface area contributed by atoms with E-state index in [0.717, 1.165) is 17.1 Å². The summed E-state index contributed by atoms with van der Waals surface area (Å²) >= 11 is 0. The summed E-state index contributed by atoms with van der Waals surface area (Å²) in [5, 5.41) is 16.8. The van der Waals surface area contributed by atoms with Gasteiger partial charge in [-0.25, -0.2) is 4.79 Å². The molecule has 0 aliphatic heterocycles. The summed E-state index contributed by atoms with van der Waals surface area (Å²) in [5.41, 5.74) is 2.80. The molecule has 0 aliphatic carbocycles. The molecule has 2 aromatic rings. The summed E-state index contributed by atoms with van der Waals surface area (Å²) < 4.78 is 1.92.